The SMILES string of the molecule is CCOc1ccc(-c2ccc(C#Cc3ccc(-c4ccc(F)c(F)c4)cc3F)cc2[N+](=O)[O-])cc1. The Kier molecular flexibility index (Phi) is 6.83. The van der Waals surface area contributed by atoms with Crippen molar-refractivity contribution in [3.8, 4) is 39.8 Å². The van der Waals surface area contributed by atoms with Crippen molar-refractivity contribution in [1.29, 1.82) is 0 Å². The van der Waals surface area contributed by atoms with Gasteiger partial charge in [-0.2, -0.15) is 0 Å². The van der Waals surface area contributed by atoms with Crippen LogP contribution in [0.2, 0.25) is 0 Å². The fourth-order valence-corrected chi connectivity index (χ4v) is 3.51. The second-order valence-corrected chi connectivity index (χ2v) is 7.52. The molecule has 0 aromatic heterocycles. The average Bonchev–Trinajstić information content (AvgIpc) is 2.85. The van der Waals surface area contributed by atoms with Crippen molar-refractivity contribution in [1.82, 2.24) is 0 Å². The third kappa shape index (κ3) is 5.33. The molecule has 0 saturated heterocycles. The van der Waals surface area contributed by atoms with Crippen LogP contribution in [0.4, 0.5) is 18.9 Å². The lowest BCUT2D eigenvalue weighted by Crippen LogP contribution is -1.94. The molecule has 0 unspecified atom stereocenters. The number of nitro groups is 1. The number of ether oxygens (including phenoxy) is 1. The van der Waals surface area contributed by atoms with Crippen molar-refractivity contribution < 1.29 is 22.8 Å². The molecule has 0 spiro atoms. The summed E-state index contributed by atoms with van der Waals surface area (Å²) in [4.78, 5) is 11.2. The summed E-state index contributed by atoms with van der Waals surface area (Å²) in [5, 5.41) is 11.7. The maximum absolute atomic E-state index is 14.6. The second-order valence-electron chi connectivity index (χ2n) is 7.52. The largest absolute Gasteiger partial charge is 0.494 e. The Hall–Kier alpha value is -4.57. The summed E-state index contributed by atoms with van der Waals surface area (Å²) in [6.45, 7) is 2.38. The summed E-state index contributed by atoms with van der Waals surface area (Å²) in [5.41, 5.74) is 2.04. The molecule has 35 heavy (non-hydrogen) atoms. The minimum atomic E-state index is -1.03. The van der Waals surface area contributed by atoms with Crippen LogP contribution < -0.4 is 4.74 Å². The van der Waals surface area contributed by atoms with Crippen molar-refractivity contribution in [2.45, 2.75) is 6.92 Å². The summed E-state index contributed by atoms with van der Waals surface area (Å²) >= 11 is 0. The van der Waals surface area contributed by atoms with E-state index < -0.39 is 22.4 Å². The van der Waals surface area contributed by atoms with E-state index in [0.29, 0.717) is 40.2 Å². The van der Waals surface area contributed by atoms with Gasteiger partial charge in [0.15, 0.2) is 11.6 Å². The number of hydrogen-bond donors (Lipinski definition) is 0. The number of benzene rings is 4. The molecule has 0 heterocycles. The van der Waals surface area contributed by atoms with E-state index in [1.807, 2.05) is 6.92 Å². The molecule has 0 bridgehead atoms. The van der Waals surface area contributed by atoms with E-state index in [4.69, 9.17) is 4.74 Å². The van der Waals surface area contributed by atoms with Gasteiger partial charge in [0.25, 0.3) is 5.69 Å². The van der Waals surface area contributed by atoms with Gasteiger partial charge >= 0.3 is 0 Å². The third-order valence-electron chi connectivity index (χ3n) is 5.23. The van der Waals surface area contributed by atoms with Crippen molar-refractivity contribution in [2.75, 3.05) is 6.61 Å². The quantitative estimate of drug-likeness (QED) is 0.176. The lowest BCUT2D eigenvalue weighted by Gasteiger charge is -2.06. The molecule has 4 rings (SSSR count). The van der Waals surface area contributed by atoms with Crippen LogP contribution in [0.3, 0.4) is 0 Å². The van der Waals surface area contributed by atoms with Crippen LogP contribution in [-0.4, -0.2) is 11.5 Å². The monoisotopic (exact) mass is 473 g/mol. The molecule has 7 heteroatoms. The lowest BCUT2D eigenvalue weighted by atomic mass is 10.0. The Morgan fingerprint density at radius 1 is 0.771 bits per heavy atom. The Morgan fingerprint density at radius 2 is 1.43 bits per heavy atom. The van der Waals surface area contributed by atoms with Crippen LogP contribution in [0.1, 0.15) is 18.1 Å². The zero-order valence-corrected chi connectivity index (χ0v) is 18.5. The number of nitrogens with zero attached hydrogens (tertiary/aromatic N) is 1. The highest BCUT2D eigenvalue weighted by Crippen LogP contribution is 2.32. The Bertz CT molecular complexity index is 1470. The summed E-state index contributed by atoms with van der Waals surface area (Å²) in [6, 6.07) is 19.0. The van der Waals surface area contributed by atoms with Crippen LogP contribution in [0.5, 0.6) is 5.75 Å². The first-order valence-corrected chi connectivity index (χ1v) is 10.6. The topological polar surface area (TPSA) is 52.4 Å². The molecule has 0 aliphatic rings. The molecule has 0 N–H and O–H groups in total. The first-order chi connectivity index (χ1) is 16.9. The zero-order chi connectivity index (χ0) is 24.9. The van der Waals surface area contributed by atoms with E-state index in [0.717, 1.165) is 12.1 Å². The summed E-state index contributed by atoms with van der Waals surface area (Å²) < 4.78 is 46.6. The molecule has 0 saturated carbocycles. The predicted octanol–water partition coefficient (Wildman–Crippen LogP) is 7.14. The highest BCUT2D eigenvalue weighted by Gasteiger charge is 2.16. The smallest absolute Gasteiger partial charge is 0.278 e. The van der Waals surface area contributed by atoms with E-state index in [1.165, 1.54) is 30.3 Å². The summed E-state index contributed by atoms with van der Waals surface area (Å²) in [6.07, 6.45) is 0. The van der Waals surface area contributed by atoms with E-state index in [9.17, 15) is 23.3 Å². The summed E-state index contributed by atoms with van der Waals surface area (Å²) in [7, 11) is 0. The fourth-order valence-electron chi connectivity index (χ4n) is 3.51. The minimum absolute atomic E-state index is 0.0644. The molecule has 4 aromatic carbocycles. The molecule has 0 atom stereocenters. The summed E-state index contributed by atoms with van der Waals surface area (Å²) in [5.74, 6) is 3.43. The number of nitro benzene ring substituents is 1. The maximum atomic E-state index is 14.6. The normalized spacial score (nSPS) is 10.4. The van der Waals surface area contributed by atoms with Gasteiger partial charge in [-0.1, -0.05) is 36.1 Å². The molecule has 0 aliphatic heterocycles. The van der Waals surface area contributed by atoms with Gasteiger partial charge < -0.3 is 4.74 Å². The lowest BCUT2D eigenvalue weighted by molar-refractivity contribution is -0.384. The van der Waals surface area contributed by atoms with Gasteiger partial charge in [0, 0.05) is 11.6 Å². The number of halogens is 3. The van der Waals surface area contributed by atoms with Gasteiger partial charge in [-0.25, -0.2) is 13.2 Å². The molecule has 4 nitrogen and oxygen atoms in total. The maximum Gasteiger partial charge on any atom is 0.278 e. The van der Waals surface area contributed by atoms with Crippen LogP contribution in [0, 0.1) is 39.4 Å². The van der Waals surface area contributed by atoms with E-state index in [2.05, 4.69) is 11.8 Å². The molecule has 0 radical (unpaired) electrons. The molecule has 0 amide bonds. The van der Waals surface area contributed by atoms with Crippen LogP contribution in [0.15, 0.2) is 78.9 Å². The van der Waals surface area contributed by atoms with Gasteiger partial charge in [0.2, 0.25) is 0 Å². The fraction of sp³-hybridized carbons (Fsp3) is 0.0714. The molecule has 0 fully saturated rings. The van der Waals surface area contributed by atoms with Crippen LogP contribution in [0.25, 0.3) is 22.3 Å². The Morgan fingerprint density at radius 3 is 2.06 bits per heavy atom. The minimum Gasteiger partial charge on any atom is -0.494 e. The standard InChI is InChI=1S/C28H18F3NO3/c1-2-35-23-11-8-19(9-12-23)24-13-4-18(15-28(24)32(33)34)3-5-20-6-7-21(16-26(20)30)22-10-14-25(29)27(31)17-22/h4,6-17H,2H2,1H3. The number of rotatable bonds is 5. The zero-order valence-electron chi connectivity index (χ0n) is 18.5. The molecular formula is C28H18F3NO3. The van der Waals surface area contributed by atoms with E-state index >= 15 is 0 Å². The second kappa shape index (κ2) is 10.1. The Labute approximate surface area is 199 Å². The number of hydrogen-bond acceptors (Lipinski definition) is 3. The van der Waals surface area contributed by atoms with Crippen molar-refractivity contribution in [3.63, 3.8) is 0 Å². The average molecular weight is 473 g/mol. The first kappa shape index (κ1) is 23.6. The molecule has 4 aromatic rings. The van der Waals surface area contributed by atoms with E-state index in [-0.39, 0.29) is 11.3 Å². The third-order valence-corrected chi connectivity index (χ3v) is 5.23. The van der Waals surface area contributed by atoms with Crippen LogP contribution >= 0.6 is 0 Å². The van der Waals surface area contributed by atoms with Gasteiger partial charge in [0.05, 0.1) is 22.7 Å². The van der Waals surface area contributed by atoms with Gasteiger partial charge in [-0.15, -0.1) is 0 Å². The predicted molar refractivity (Wildman–Crippen MR) is 127 cm³/mol. The van der Waals surface area contributed by atoms with Crippen molar-refractivity contribution >= 4 is 5.69 Å². The Balaban J connectivity index is 1.62. The van der Waals surface area contributed by atoms with Gasteiger partial charge in [-0.05, 0) is 72.1 Å². The van der Waals surface area contributed by atoms with Gasteiger partial charge in [-0.3, -0.25) is 10.1 Å². The first-order valence-electron chi connectivity index (χ1n) is 10.6. The molecular weight excluding hydrogens is 455 g/mol. The van der Waals surface area contributed by atoms with Gasteiger partial charge in [0.1, 0.15) is 11.6 Å². The highest BCUT2D eigenvalue weighted by atomic mass is 19.2. The van der Waals surface area contributed by atoms with E-state index in [1.54, 1.807) is 36.4 Å². The highest BCUT2D eigenvalue weighted by molar-refractivity contribution is 5.75. The van der Waals surface area contributed by atoms with Crippen molar-refractivity contribution in [2.24, 2.45) is 0 Å². The van der Waals surface area contributed by atoms with Crippen LogP contribution in [-0.2, 0) is 0 Å². The molecule has 174 valence electrons. The molecule has 0 aliphatic carbocycles. The van der Waals surface area contributed by atoms with Crippen molar-refractivity contribution in [3.05, 3.63) is 118 Å².